The van der Waals surface area contributed by atoms with Crippen LogP contribution < -0.4 is 10.1 Å². The molecule has 0 saturated carbocycles. The zero-order chi connectivity index (χ0) is 16.7. The van der Waals surface area contributed by atoms with Crippen LogP contribution in [0.15, 0.2) is 35.6 Å². The van der Waals surface area contributed by atoms with Crippen molar-refractivity contribution in [1.82, 2.24) is 25.0 Å². The van der Waals surface area contributed by atoms with Gasteiger partial charge in [0.1, 0.15) is 12.1 Å². The topological polar surface area (TPSA) is 67.6 Å². The number of rotatable bonds is 6. The highest BCUT2D eigenvalue weighted by Crippen LogP contribution is 2.13. The number of nitrogens with one attached hydrogen (secondary N) is 1. The molecule has 7 nitrogen and oxygen atoms in total. The Morgan fingerprint density at radius 2 is 2.04 bits per heavy atom. The molecule has 0 aliphatic carbocycles. The monoisotopic (exact) mass is 444 g/mol. The highest BCUT2D eigenvalue weighted by Gasteiger charge is 2.08. The maximum Gasteiger partial charge on any atom is 0.194 e. The van der Waals surface area contributed by atoms with Crippen molar-refractivity contribution in [3.05, 3.63) is 42.0 Å². The summed E-state index contributed by atoms with van der Waals surface area (Å²) in [6.07, 6.45) is 1.68. The molecule has 8 heteroatoms. The lowest BCUT2D eigenvalue weighted by Gasteiger charge is -2.22. The second kappa shape index (κ2) is 10.1. The number of nitrogens with zero attached hydrogens (tertiary/aromatic N) is 5. The Morgan fingerprint density at radius 3 is 2.58 bits per heavy atom. The van der Waals surface area contributed by atoms with Gasteiger partial charge in [0.15, 0.2) is 11.8 Å². The highest BCUT2D eigenvalue weighted by molar-refractivity contribution is 14.0. The van der Waals surface area contributed by atoms with Crippen LogP contribution in [0.3, 0.4) is 0 Å². The Balaban J connectivity index is 0.00000288. The highest BCUT2D eigenvalue weighted by atomic mass is 127. The van der Waals surface area contributed by atoms with E-state index in [0.29, 0.717) is 13.2 Å². The number of guanidine groups is 1. The first kappa shape index (κ1) is 20.2. The summed E-state index contributed by atoms with van der Waals surface area (Å²) < 4.78 is 7.34. The standard InChI is InChI=1S/C16H24N6O.HI/c1-5-23-14-8-6-13(7-9-14)11-21(3)16(17-2)18-10-15-20-19-12-22(15)4;/h6-9,12H,5,10-11H2,1-4H3,(H,17,18);1H. The Bertz CT molecular complexity index is 640. The van der Waals surface area contributed by atoms with Gasteiger partial charge in [-0.1, -0.05) is 12.1 Å². The molecule has 0 amide bonds. The molecule has 0 fully saturated rings. The predicted molar refractivity (Wildman–Crippen MR) is 106 cm³/mol. The lowest BCUT2D eigenvalue weighted by Crippen LogP contribution is -2.38. The largest absolute Gasteiger partial charge is 0.494 e. The summed E-state index contributed by atoms with van der Waals surface area (Å²) in [4.78, 5) is 6.37. The number of halogens is 1. The Labute approximate surface area is 160 Å². The summed E-state index contributed by atoms with van der Waals surface area (Å²) in [6, 6.07) is 8.11. The van der Waals surface area contributed by atoms with E-state index in [1.54, 1.807) is 13.4 Å². The van der Waals surface area contributed by atoms with Crippen LogP contribution in [0.5, 0.6) is 5.75 Å². The van der Waals surface area contributed by atoms with Crippen molar-refractivity contribution < 1.29 is 4.74 Å². The van der Waals surface area contributed by atoms with Crippen molar-refractivity contribution in [2.75, 3.05) is 20.7 Å². The molecule has 0 bridgehead atoms. The van der Waals surface area contributed by atoms with Crippen LogP contribution in [0.2, 0.25) is 0 Å². The fourth-order valence-corrected chi connectivity index (χ4v) is 2.22. The van der Waals surface area contributed by atoms with Gasteiger partial charge < -0.3 is 19.5 Å². The minimum atomic E-state index is 0. The summed E-state index contributed by atoms with van der Waals surface area (Å²) in [5, 5.41) is 11.2. The predicted octanol–water partition coefficient (Wildman–Crippen LogP) is 2.04. The van der Waals surface area contributed by atoms with E-state index in [1.807, 2.05) is 37.7 Å². The molecule has 0 spiro atoms. The summed E-state index contributed by atoms with van der Waals surface area (Å²) in [6.45, 7) is 3.99. The Hall–Kier alpha value is -1.84. The molecule has 24 heavy (non-hydrogen) atoms. The number of aryl methyl sites for hydroxylation is 1. The molecule has 0 aliphatic heterocycles. The number of hydrogen-bond acceptors (Lipinski definition) is 4. The molecule has 1 N–H and O–H groups in total. The van der Waals surface area contributed by atoms with E-state index in [0.717, 1.165) is 24.1 Å². The molecule has 132 valence electrons. The second-order valence-corrected chi connectivity index (χ2v) is 5.19. The van der Waals surface area contributed by atoms with Gasteiger partial charge in [-0.15, -0.1) is 34.2 Å². The minimum Gasteiger partial charge on any atom is -0.494 e. The Kier molecular flexibility index (Phi) is 8.51. The molecule has 0 aliphatic rings. The van der Waals surface area contributed by atoms with Crippen molar-refractivity contribution >= 4 is 29.9 Å². The van der Waals surface area contributed by atoms with E-state index in [2.05, 4.69) is 37.5 Å². The number of aromatic nitrogens is 3. The van der Waals surface area contributed by atoms with Crippen LogP contribution in [-0.4, -0.2) is 46.3 Å². The maximum atomic E-state index is 5.46. The van der Waals surface area contributed by atoms with Gasteiger partial charge in [-0.05, 0) is 24.6 Å². The molecule has 0 radical (unpaired) electrons. The van der Waals surface area contributed by atoms with Crippen molar-refractivity contribution in [2.45, 2.75) is 20.0 Å². The fourth-order valence-electron chi connectivity index (χ4n) is 2.22. The van der Waals surface area contributed by atoms with Gasteiger partial charge in [0.2, 0.25) is 0 Å². The van der Waals surface area contributed by atoms with Crippen molar-refractivity contribution in [1.29, 1.82) is 0 Å². The average Bonchev–Trinajstić information content (AvgIpc) is 2.95. The van der Waals surface area contributed by atoms with Gasteiger partial charge in [0.25, 0.3) is 0 Å². The number of ether oxygens (including phenoxy) is 1. The normalized spacial score (nSPS) is 10.9. The van der Waals surface area contributed by atoms with Gasteiger partial charge in [-0.3, -0.25) is 4.99 Å². The quantitative estimate of drug-likeness (QED) is 0.420. The lowest BCUT2D eigenvalue weighted by molar-refractivity contribution is 0.340. The van der Waals surface area contributed by atoms with Crippen LogP contribution in [0.25, 0.3) is 0 Å². The lowest BCUT2D eigenvalue weighted by atomic mass is 10.2. The van der Waals surface area contributed by atoms with Gasteiger partial charge in [0.05, 0.1) is 13.2 Å². The van der Waals surface area contributed by atoms with Crippen LogP contribution in [-0.2, 0) is 20.1 Å². The maximum absolute atomic E-state index is 5.46. The van der Waals surface area contributed by atoms with Crippen LogP contribution >= 0.6 is 24.0 Å². The Morgan fingerprint density at radius 1 is 1.33 bits per heavy atom. The average molecular weight is 444 g/mol. The molecule has 0 saturated heterocycles. The molecule has 1 aromatic carbocycles. The summed E-state index contributed by atoms with van der Waals surface area (Å²) in [7, 11) is 5.69. The van der Waals surface area contributed by atoms with E-state index in [4.69, 9.17) is 4.74 Å². The summed E-state index contributed by atoms with van der Waals surface area (Å²) in [5.41, 5.74) is 1.19. The van der Waals surface area contributed by atoms with Crippen LogP contribution in [0, 0.1) is 0 Å². The molecule has 0 unspecified atom stereocenters. The third-order valence-electron chi connectivity index (χ3n) is 3.44. The van der Waals surface area contributed by atoms with E-state index in [1.165, 1.54) is 5.56 Å². The van der Waals surface area contributed by atoms with Gasteiger partial charge in [0, 0.05) is 27.7 Å². The number of hydrogen-bond donors (Lipinski definition) is 1. The smallest absolute Gasteiger partial charge is 0.194 e. The van der Waals surface area contributed by atoms with E-state index >= 15 is 0 Å². The zero-order valence-corrected chi connectivity index (χ0v) is 16.9. The third-order valence-corrected chi connectivity index (χ3v) is 3.44. The zero-order valence-electron chi connectivity index (χ0n) is 14.6. The summed E-state index contributed by atoms with van der Waals surface area (Å²) in [5.74, 6) is 2.56. The first-order valence-electron chi connectivity index (χ1n) is 7.60. The SMILES string of the molecule is CCOc1ccc(CN(C)C(=NC)NCc2nncn2C)cc1.I. The second-order valence-electron chi connectivity index (χ2n) is 5.19. The number of aliphatic imine (C=N–C) groups is 1. The van der Waals surface area contributed by atoms with Crippen LogP contribution in [0.1, 0.15) is 18.3 Å². The molecule has 2 aromatic rings. The fraction of sp³-hybridized carbons (Fsp3) is 0.438. The van der Waals surface area contributed by atoms with Crippen molar-refractivity contribution in [3.63, 3.8) is 0 Å². The molecule has 1 aromatic heterocycles. The van der Waals surface area contributed by atoms with Crippen molar-refractivity contribution in [2.24, 2.45) is 12.0 Å². The molecule has 0 atom stereocenters. The first-order chi connectivity index (χ1) is 11.1. The van der Waals surface area contributed by atoms with E-state index in [-0.39, 0.29) is 24.0 Å². The first-order valence-corrected chi connectivity index (χ1v) is 7.60. The van der Waals surface area contributed by atoms with E-state index in [9.17, 15) is 0 Å². The molecule has 2 rings (SSSR count). The van der Waals surface area contributed by atoms with E-state index < -0.39 is 0 Å². The molecular weight excluding hydrogens is 419 g/mol. The molecular formula is C16H25IN6O. The van der Waals surface area contributed by atoms with Gasteiger partial charge >= 0.3 is 0 Å². The molecule has 1 heterocycles. The summed E-state index contributed by atoms with van der Waals surface area (Å²) >= 11 is 0. The van der Waals surface area contributed by atoms with Gasteiger partial charge in [-0.2, -0.15) is 0 Å². The number of benzene rings is 1. The van der Waals surface area contributed by atoms with Gasteiger partial charge in [-0.25, -0.2) is 0 Å². The minimum absolute atomic E-state index is 0. The van der Waals surface area contributed by atoms with Crippen molar-refractivity contribution in [3.8, 4) is 5.75 Å². The third kappa shape index (κ3) is 5.66. The van der Waals surface area contributed by atoms with Crippen LogP contribution in [0.4, 0.5) is 0 Å².